The van der Waals surface area contributed by atoms with Gasteiger partial charge < -0.3 is 10.1 Å². The molecule has 0 unspecified atom stereocenters. The molecule has 1 N–H and O–H groups in total. The lowest BCUT2D eigenvalue weighted by Crippen LogP contribution is -2.13. The van der Waals surface area contributed by atoms with Crippen molar-refractivity contribution in [3.8, 4) is 11.6 Å². The van der Waals surface area contributed by atoms with Crippen LogP contribution in [-0.4, -0.2) is 19.7 Å². The summed E-state index contributed by atoms with van der Waals surface area (Å²) >= 11 is 0. The van der Waals surface area contributed by atoms with Crippen molar-refractivity contribution in [3.05, 3.63) is 60.0 Å². The Balaban J connectivity index is 1.44. The maximum absolute atomic E-state index is 5.74. The standard InChI is InChI=1S/C18H19N5O/c1-2-6-15(7-3-1)24-17-9-10-19-18(22-17)20-12-14-13-21-23-11-5-4-8-16(14)23/h1-3,6-7,9-10,13H,4-5,8,11-12H2,(H,19,20,22). The van der Waals surface area contributed by atoms with Gasteiger partial charge in [0.05, 0.1) is 6.20 Å². The van der Waals surface area contributed by atoms with Gasteiger partial charge in [-0.05, 0) is 31.4 Å². The highest BCUT2D eigenvalue weighted by Gasteiger charge is 2.14. The van der Waals surface area contributed by atoms with E-state index in [0.29, 0.717) is 18.4 Å². The van der Waals surface area contributed by atoms with E-state index in [0.717, 1.165) is 18.7 Å². The number of para-hydroxylation sites is 1. The number of benzene rings is 1. The largest absolute Gasteiger partial charge is 0.439 e. The van der Waals surface area contributed by atoms with Crippen molar-refractivity contribution in [2.24, 2.45) is 0 Å². The fourth-order valence-corrected chi connectivity index (χ4v) is 2.90. The number of rotatable bonds is 5. The van der Waals surface area contributed by atoms with E-state index in [1.807, 2.05) is 36.5 Å². The SMILES string of the molecule is c1ccc(Oc2ccnc(NCc3cnn4c3CCCC4)n2)cc1. The van der Waals surface area contributed by atoms with Gasteiger partial charge in [-0.15, -0.1) is 0 Å². The molecular weight excluding hydrogens is 302 g/mol. The summed E-state index contributed by atoms with van der Waals surface area (Å²) in [5.74, 6) is 1.84. The summed E-state index contributed by atoms with van der Waals surface area (Å²) in [5, 5.41) is 7.72. The highest BCUT2D eigenvalue weighted by atomic mass is 16.5. The molecule has 3 heterocycles. The first kappa shape index (κ1) is 14.7. The van der Waals surface area contributed by atoms with Crippen LogP contribution in [0.1, 0.15) is 24.1 Å². The monoisotopic (exact) mass is 321 g/mol. The smallest absolute Gasteiger partial charge is 0.226 e. The molecule has 4 rings (SSSR count). The second-order valence-electron chi connectivity index (χ2n) is 5.78. The van der Waals surface area contributed by atoms with E-state index in [1.165, 1.54) is 24.1 Å². The molecule has 1 aliphatic rings. The van der Waals surface area contributed by atoms with E-state index in [9.17, 15) is 0 Å². The molecule has 0 saturated carbocycles. The van der Waals surface area contributed by atoms with Crippen LogP contribution in [0.2, 0.25) is 0 Å². The first-order valence-electron chi connectivity index (χ1n) is 8.22. The number of anilines is 1. The first-order chi connectivity index (χ1) is 11.9. The molecule has 6 nitrogen and oxygen atoms in total. The molecule has 1 aliphatic heterocycles. The van der Waals surface area contributed by atoms with Gasteiger partial charge in [0.1, 0.15) is 5.75 Å². The molecule has 6 heteroatoms. The number of hydrogen-bond acceptors (Lipinski definition) is 5. The molecule has 0 saturated heterocycles. The lowest BCUT2D eigenvalue weighted by atomic mass is 10.1. The first-order valence-corrected chi connectivity index (χ1v) is 8.22. The summed E-state index contributed by atoms with van der Waals surface area (Å²) in [6, 6.07) is 11.4. The Hall–Kier alpha value is -2.89. The molecule has 122 valence electrons. The van der Waals surface area contributed by atoms with Gasteiger partial charge >= 0.3 is 0 Å². The van der Waals surface area contributed by atoms with Gasteiger partial charge in [0.2, 0.25) is 11.8 Å². The van der Waals surface area contributed by atoms with Crippen LogP contribution in [0.4, 0.5) is 5.95 Å². The summed E-state index contributed by atoms with van der Waals surface area (Å²) in [6.45, 7) is 1.69. The number of nitrogens with one attached hydrogen (secondary N) is 1. The van der Waals surface area contributed by atoms with Crippen LogP contribution in [-0.2, 0) is 19.5 Å². The van der Waals surface area contributed by atoms with Gasteiger partial charge in [-0.1, -0.05) is 18.2 Å². The van der Waals surface area contributed by atoms with Crippen LogP contribution in [0.15, 0.2) is 48.8 Å². The quantitative estimate of drug-likeness (QED) is 0.780. The van der Waals surface area contributed by atoms with Crippen LogP contribution in [0.25, 0.3) is 0 Å². The van der Waals surface area contributed by atoms with E-state index in [-0.39, 0.29) is 0 Å². The fraction of sp³-hybridized carbons (Fsp3) is 0.278. The molecule has 0 bridgehead atoms. The summed E-state index contributed by atoms with van der Waals surface area (Å²) in [5.41, 5.74) is 2.54. The number of aryl methyl sites for hydroxylation is 1. The van der Waals surface area contributed by atoms with E-state index < -0.39 is 0 Å². The van der Waals surface area contributed by atoms with Crippen molar-refractivity contribution in [1.29, 1.82) is 0 Å². The zero-order valence-electron chi connectivity index (χ0n) is 13.4. The van der Waals surface area contributed by atoms with E-state index >= 15 is 0 Å². The van der Waals surface area contributed by atoms with E-state index in [2.05, 4.69) is 25.1 Å². The van der Waals surface area contributed by atoms with Crippen LogP contribution in [0.3, 0.4) is 0 Å². The van der Waals surface area contributed by atoms with Crippen molar-refractivity contribution in [2.75, 3.05) is 5.32 Å². The molecule has 0 spiro atoms. The van der Waals surface area contributed by atoms with Crippen LogP contribution < -0.4 is 10.1 Å². The third-order valence-electron chi connectivity index (χ3n) is 4.10. The summed E-state index contributed by atoms with van der Waals surface area (Å²) in [7, 11) is 0. The average molecular weight is 321 g/mol. The third-order valence-corrected chi connectivity index (χ3v) is 4.10. The molecule has 1 aromatic carbocycles. The van der Waals surface area contributed by atoms with Crippen molar-refractivity contribution < 1.29 is 4.74 Å². The Morgan fingerprint density at radius 1 is 1.12 bits per heavy atom. The predicted octanol–water partition coefficient (Wildman–Crippen LogP) is 3.41. The lowest BCUT2D eigenvalue weighted by molar-refractivity contribution is 0.462. The number of hydrogen-bond donors (Lipinski definition) is 1. The Morgan fingerprint density at radius 3 is 2.96 bits per heavy atom. The Morgan fingerprint density at radius 2 is 2.04 bits per heavy atom. The topological polar surface area (TPSA) is 64.9 Å². The zero-order chi connectivity index (χ0) is 16.2. The second-order valence-corrected chi connectivity index (χ2v) is 5.78. The van der Waals surface area contributed by atoms with Crippen molar-refractivity contribution in [3.63, 3.8) is 0 Å². The molecule has 0 radical (unpaired) electrons. The number of nitrogens with zero attached hydrogens (tertiary/aromatic N) is 4. The number of aromatic nitrogens is 4. The van der Waals surface area contributed by atoms with Gasteiger partial charge in [-0.3, -0.25) is 4.68 Å². The van der Waals surface area contributed by atoms with Crippen molar-refractivity contribution >= 4 is 5.95 Å². The minimum atomic E-state index is 0.524. The summed E-state index contributed by atoms with van der Waals surface area (Å²) < 4.78 is 7.85. The summed E-state index contributed by atoms with van der Waals surface area (Å²) in [4.78, 5) is 8.67. The Kier molecular flexibility index (Phi) is 4.10. The van der Waals surface area contributed by atoms with Crippen LogP contribution in [0.5, 0.6) is 11.6 Å². The van der Waals surface area contributed by atoms with Gasteiger partial charge in [0.15, 0.2) is 0 Å². The third kappa shape index (κ3) is 3.22. The van der Waals surface area contributed by atoms with E-state index in [4.69, 9.17) is 4.74 Å². The molecule has 3 aromatic rings. The highest BCUT2D eigenvalue weighted by molar-refractivity contribution is 5.33. The summed E-state index contributed by atoms with van der Waals surface area (Å²) in [6.07, 6.45) is 7.17. The van der Waals surface area contributed by atoms with Gasteiger partial charge in [0.25, 0.3) is 0 Å². The molecule has 0 fully saturated rings. The number of ether oxygens (including phenoxy) is 1. The molecule has 0 aliphatic carbocycles. The van der Waals surface area contributed by atoms with Gasteiger partial charge in [-0.25, -0.2) is 4.98 Å². The zero-order valence-corrected chi connectivity index (χ0v) is 13.4. The minimum absolute atomic E-state index is 0.524. The minimum Gasteiger partial charge on any atom is -0.439 e. The number of fused-ring (bicyclic) bond motifs is 1. The molecule has 0 amide bonds. The molecule has 24 heavy (non-hydrogen) atoms. The molecule has 2 aromatic heterocycles. The van der Waals surface area contributed by atoms with E-state index in [1.54, 1.807) is 12.3 Å². The Labute approximate surface area is 140 Å². The maximum Gasteiger partial charge on any atom is 0.226 e. The normalized spacial score (nSPS) is 13.3. The lowest BCUT2D eigenvalue weighted by Gasteiger charge is -2.15. The molecular formula is C18H19N5O. The van der Waals surface area contributed by atoms with Crippen LogP contribution >= 0.6 is 0 Å². The van der Waals surface area contributed by atoms with Crippen LogP contribution in [0, 0.1) is 0 Å². The highest BCUT2D eigenvalue weighted by Crippen LogP contribution is 2.21. The fourth-order valence-electron chi connectivity index (χ4n) is 2.90. The van der Waals surface area contributed by atoms with Crippen molar-refractivity contribution in [2.45, 2.75) is 32.4 Å². The van der Waals surface area contributed by atoms with Gasteiger partial charge in [0, 0.05) is 36.6 Å². The average Bonchev–Trinajstić information content (AvgIpc) is 3.04. The predicted molar refractivity (Wildman–Crippen MR) is 91.0 cm³/mol. The van der Waals surface area contributed by atoms with Crippen molar-refractivity contribution in [1.82, 2.24) is 19.7 Å². The van der Waals surface area contributed by atoms with Gasteiger partial charge in [-0.2, -0.15) is 10.1 Å². The maximum atomic E-state index is 5.74. The Bertz CT molecular complexity index is 815. The molecule has 0 atom stereocenters. The second kappa shape index (κ2) is 6.70.